The Morgan fingerprint density at radius 1 is 1.50 bits per heavy atom. The first-order valence-electron chi connectivity index (χ1n) is 7.10. The first kappa shape index (κ1) is 15.0. The van der Waals surface area contributed by atoms with Gasteiger partial charge in [-0.25, -0.2) is 5.84 Å². The van der Waals surface area contributed by atoms with E-state index in [9.17, 15) is 4.79 Å². The van der Waals surface area contributed by atoms with Crippen molar-refractivity contribution in [3.05, 3.63) is 35.9 Å². The zero-order valence-electron chi connectivity index (χ0n) is 12.1. The predicted molar refractivity (Wildman–Crippen MR) is 77.7 cm³/mol. The molecule has 20 heavy (non-hydrogen) atoms. The van der Waals surface area contributed by atoms with Gasteiger partial charge in [-0.05, 0) is 18.9 Å². The molecule has 1 aromatic rings. The summed E-state index contributed by atoms with van der Waals surface area (Å²) < 4.78 is 5.71. The van der Waals surface area contributed by atoms with Crippen LogP contribution in [0.25, 0.3) is 0 Å². The molecular formula is C15H23N3O2. The van der Waals surface area contributed by atoms with Crippen LogP contribution in [0.4, 0.5) is 0 Å². The Hall–Kier alpha value is -1.43. The predicted octanol–water partition coefficient (Wildman–Crippen LogP) is 1.22. The molecule has 1 aliphatic heterocycles. The molecule has 3 atom stereocenters. The number of hydrogen-bond donors (Lipinski definition) is 2. The van der Waals surface area contributed by atoms with Crippen LogP contribution in [-0.2, 0) is 9.53 Å². The molecule has 5 heteroatoms. The Morgan fingerprint density at radius 2 is 2.20 bits per heavy atom. The number of nitrogens with one attached hydrogen (secondary N) is 1. The summed E-state index contributed by atoms with van der Waals surface area (Å²) in [5.74, 6) is 5.20. The van der Waals surface area contributed by atoms with Gasteiger partial charge >= 0.3 is 0 Å². The van der Waals surface area contributed by atoms with Crippen molar-refractivity contribution in [1.29, 1.82) is 0 Å². The Bertz CT molecular complexity index is 438. The molecule has 110 valence electrons. The van der Waals surface area contributed by atoms with Gasteiger partial charge in [-0.2, -0.15) is 0 Å². The second kappa shape index (κ2) is 6.83. The lowest BCUT2D eigenvalue weighted by molar-refractivity contribution is -0.134. The summed E-state index contributed by atoms with van der Waals surface area (Å²) in [6.45, 7) is 5.52. The third-order valence-corrected chi connectivity index (χ3v) is 3.82. The highest BCUT2D eigenvalue weighted by Crippen LogP contribution is 2.27. The molecule has 2 rings (SSSR count). The third-order valence-electron chi connectivity index (χ3n) is 3.82. The summed E-state index contributed by atoms with van der Waals surface area (Å²) in [6.07, 6.45) is 1.06. The Balaban J connectivity index is 2.32. The number of nitrogens with zero attached hydrogens (tertiary/aromatic N) is 1. The van der Waals surface area contributed by atoms with E-state index in [1.54, 1.807) is 0 Å². The van der Waals surface area contributed by atoms with Crippen molar-refractivity contribution in [3.8, 4) is 0 Å². The standard InChI is InChI=1S/C15H23N3O2/c1-3-13-10-20-11(2)9-18(13)14(15(19)17-16)12-7-5-4-6-8-12/h4-8,11,13-14H,3,9-10,16H2,1-2H3,(H,17,19). The number of morpholine rings is 1. The van der Waals surface area contributed by atoms with E-state index in [2.05, 4.69) is 17.2 Å². The van der Waals surface area contributed by atoms with Crippen molar-refractivity contribution in [2.24, 2.45) is 5.84 Å². The molecule has 3 unspecified atom stereocenters. The van der Waals surface area contributed by atoms with E-state index < -0.39 is 0 Å². The van der Waals surface area contributed by atoms with Crippen LogP contribution >= 0.6 is 0 Å². The number of rotatable bonds is 4. The van der Waals surface area contributed by atoms with E-state index in [4.69, 9.17) is 10.6 Å². The van der Waals surface area contributed by atoms with E-state index in [1.807, 2.05) is 37.3 Å². The van der Waals surface area contributed by atoms with Crippen molar-refractivity contribution in [2.45, 2.75) is 38.5 Å². The number of carbonyl (C=O) groups is 1. The average molecular weight is 277 g/mol. The van der Waals surface area contributed by atoms with E-state index in [0.29, 0.717) is 6.61 Å². The van der Waals surface area contributed by atoms with Crippen molar-refractivity contribution < 1.29 is 9.53 Å². The Morgan fingerprint density at radius 3 is 2.80 bits per heavy atom. The van der Waals surface area contributed by atoms with Crippen molar-refractivity contribution >= 4 is 5.91 Å². The quantitative estimate of drug-likeness (QED) is 0.493. The SMILES string of the molecule is CCC1COC(C)CN1C(C(=O)NN)c1ccccc1. The summed E-state index contributed by atoms with van der Waals surface area (Å²) >= 11 is 0. The average Bonchev–Trinajstić information content (AvgIpc) is 2.48. The molecule has 0 bridgehead atoms. The van der Waals surface area contributed by atoms with Crippen LogP contribution in [-0.4, -0.2) is 36.1 Å². The fourth-order valence-corrected chi connectivity index (χ4v) is 2.75. The topological polar surface area (TPSA) is 67.6 Å². The number of ether oxygens (including phenoxy) is 1. The minimum Gasteiger partial charge on any atom is -0.376 e. The third kappa shape index (κ3) is 3.17. The minimum atomic E-state index is -0.363. The molecule has 3 N–H and O–H groups in total. The van der Waals surface area contributed by atoms with Crippen LogP contribution in [0.15, 0.2) is 30.3 Å². The second-order valence-corrected chi connectivity index (χ2v) is 5.22. The fourth-order valence-electron chi connectivity index (χ4n) is 2.75. The molecule has 1 fully saturated rings. The zero-order valence-corrected chi connectivity index (χ0v) is 12.1. The Labute approximate surface area is 120 Å². The number of nitrogens with two attached hydrogens (primary N) is 1. The smallest absolute Gasteiger partial charge is 0.255 e. The Kier molecular flexibility index (Phi) is 5.11. The second-order valence-electron chi connectivity index (χ2n) is 5.22. The number of hydrazine groups is 1. The fraction of sp³-hybridized carbons (Fsp3) is 0.533. The summed E-state index contributed by atoms with van der Waals surface area (Å²) in [7, 11) is 0. The minimum absolute atomic E-state index is 0.120. The number of hydrogen-bond acceptors (Lipinski definition) is 4. The molecule has 0 aliphatic carbocycles. The van der Waals surface area contributed by atoms with Crippen molar-refractivity contribution in [3.63, 3.8) is 0 Å². The zero-order chi connectivity index (χ0) is 14.5. The van der Waals surface area contributed by atoms with Gasteiger partial charge in [0.05, 0.1) is 12.7 Å². The lowest BCUT2D eigenvalue weighted by Crippen LogP contribution is -2.54. The number of benzene rings is 1. The summed E-state index contributed by atoms with van der Waals surface area (Å²) in [6, 6.07) is 9.62. The van der Waals surface area contributed by atoms with Crippen LogP contribution in [0, 0.1) is 0 Å². The van der Waals surface area contributed by atoms with E-state index in [-0.39, 0.29) is 24.1 Å². The van der Waals surface area contributed by atoms with E-state index in [1.165, 1.54) is 0 Å². The van der Waals surface area contributed by atoms with Gasteiger partial charge in [0, 0.05) is 12.6 Å². The maximum Gasteiger partial charge on any atom is 0.255 e. The lowest BCUT2D eigenvalue weighted by atomic mass is 10.00. The molecule has 1 aliphatic rings. The van der Waals surface area contributed by atoms with Crippen LogP contribution in [0.3, 0.4) is 0 Å². The largest absolute Gasteiger partial charge is 0.376 e. The summed E-state index contributed by atoms with van der Waals surface area (Å²) in [4.78, 5) is 14.5. The van der Waals surface area contributed by atoms with Gasteiger partial charge in [0.2, 0.25) is 0 Å². The lowest BCUT2D eigenvalue weighted by Gasteiger charge is -2.42. The highest BCUT2D eigenvalue weighted by molar-refractivity contribution is 5.82. The van der Waals surface area contributed by atoms with E-state index >= 15 is 0 Å². The van der Waals surface area contributed by atoms with Crippen molar-refractivity contribution in [2.75, 3.05) is 13.2 Å². The van der Waals surface area contributed by atoms with Gasteiger partial charge in [-0.15, -0.1) is 0 Å². The van der Waals surface area contributed by atoms with Crippen LogP contribution in [0.1, 0.15) is 31.9 Å². The first-order valence-corrected chi connectivity index (χ1v) is 7.10. The van der Waals surface area contributed by atoms with Crippen molar-refractivity contribution in [1.82, 2.24) is 10.3 Å². The number of amides is 1. The molecule has 0 aromatic heterocycles. The maximum absolute atomic E-state index is 12.3. The summed E-state index contributed by atoms with van der Waals surface area (Å²) in [5, 5.41) is 0. The van der Waals surface area contributed by atoms with Gasteiger partial charge in [-0.3, -0.25) is 15.1 Å². The number of carbonyl (C=O) groups excluding carboxylic acids is 1. The van der Waals surface area contributed by atoms with Gasteiger partial charge in [0.1, 0.15) is 6.04 Å². The monoisotopic (exact) mass is 277 g/mol. The van der Waals surface area contributed by atoms with Gasteiger partial charge < -0.3 is 4.74 Å². The molecule has 0 spiro atoms. The van der Waals surface area contributed by atoms with E-state index in [0.717, 1.165) is 18.5 Å². The molecule has 1 heterocycles. The van der Waals surface area contributed by atoms with Gasteiger partial charge in [0.25, 0.3) is 5.91 Å². The maximum atomic E-state index is 12.3. The molecule has 0 radical (unpaired) electrons. The van der Waals surface area contributed by atoms with Gasteiger partial charge in [-0.1, -0.05) is 37.3 Å². The molecule has 5 nitrogen and oxygen atoms in total. The highest BCUT2D eigenvalue weighted by atomic mass is 16.5. The molecule has 1 aromatic carbocycles. The van der Waals surface area contributed by atoms with Gasteiger partial charge in [0.15, 0.2) is 0 Å². The van der Waals surface area contributed by atoms with Crippen LogP contribution in [0.5, 0.6) is 0 Å². The first-order chi connectivity index (χ1) is 9.67. The molecule has 1 saturated heterocycles. The molecule has 0 saturated carbocycles. The summed E-state index contributed by atoms with van der Waals surface area (Å²) in [5.41, 5.74) is 3.26. The normalized spacial score (nSPS) is 25.1. The molecule has 1 amide bonds. The molecular weight excluding hydrogens is 254 g/mol. The highest BCUT2D eigenvalue weighted by Gasteiger charge is 2.35. The van der Waals surface area contributed by atoms with Crippen LogP contribution < -0.4 is 11.3 Å². The van der Waals surface area contributed by atoms with Crippen LogP contribution in [0.2, 0.25) is 0 Å².